The number of nitrogens with one attached hydrogen (secondary N) is 1. The molecule has 1 atom stereocenters. The van der Waals surface area contributed by atoms with E-state index in [1.807, 2.05) is 0 Å². The Morgan fingerprint density at radius 1 is 1.53 bits per heavy atom. The molecule has 15 heavy (non-hydrogen) atoms. The lowest BCUT2D eigenvalue weighted by Crippen LogP contribution is -2.28. The molecule has 0 fully saturated rings. The number of hydrogen-bond acceptors (Lipinski definition) is 2. The van der Waals surface area contributed by atoms with E-state index in [-0.39, 0.29) is 5.91 Å². The molecule has 0 aromatic carbocycles. The second-order valence-corrected chi connectivity index (χ2v) is 3.91. The molecule has 0 spiro atoms. The number of alkyl halides is 1. The van der Waals surface area contributed by atoms with Crippen LogP contribution in [0.5, 0.6) is 0 Å². The number of carbonyl (C=O) groups is 1. The van der Waals surface area contributed by atoms with E-state index >= 15 is 0 Å². The summed E-state index contributed by atoms with van der Waals surface area (Å²) in [5, 5.41) is 2.86. The van der Waals surface area contributed by atoms with E-state index in [0.717, 1.165) is 6.42 Å². The standard InChI is InChI=1S/C11H15ClN2O/c1-9(2-5-12)8-14-11(15)10-3-6-13-7-4-10/h3-4,6-7,9H,2,5,8H2,1H3,(H,14,15). The Balaban J connectivity index is 2.37. The predicted octanol–water partition coefficient (Wildman–Crippen LogP) is 2.08. The number of carbonyl (C=O) groups excluding carboxylic acids is 1. The fraction of sp³-hybridized carbons (Fsp3) is 0.455. The highest BCUT2D eigenvalue weighted by Gasteiger charge is 2.06. The number of rotatable bonds is 5. The van der Waals surface area contributed by atoms with Crippen LogP contribution in [-0.4, -0.2) is 23.3 Å². The summed E-state index contributed by atoms with van der Waals surface area (Å²) in [5.41, 5.74) is 0.642. The van der Waals surface area contributed by atoms with E-state index in [9.17, 15) is 4.79 Å². The first-order valence-corrected chi connectivity index (χ1v) is 5.51. The minimum absolute atomic E-state index is 0.0566. The van der Waals surface area contributed by atoms with Crippen LogP contribution >= 0.6 is 11.6 Å². The Bertz CT molecular complexity index is 303. The van der Waals surface area contributed by atoms with E-state index < -0.39 is 0 Å². The fourth-order valence-electron chi connectivity index (χ4n) is 1.16. The number of aromatic nitrogens is 1. The second-order valence-electron chi connectivity index (χ2n) is 3.53. The molecule has 1 N–H and O–H groups in total. The SMILES string of the molecule is CC(CCCl)CNC(=O)c1ccncc1. The van der Waals surface area contributed by atoms with E-state index in [1.165, 1.54) is 0 Å². The number of hydrogen-bond donors (Lipinski definition) is 1. The predicted molar refractivity (Wildman–Crippen MR) is 61.1 cm³/mol. The van der Waals surface area contributed by atoms with Crippen molar-refractivity contribution in [3.8, 4) is 0 Å². The normalized spacial score (nSPS) is 12.1. The number of halogens is 1. The summed E-state index contributed by atoms with van der Waals surface area (Å²) in [5.74, 6) is 0.985. The zero-order chi connectivity index (χ0) is 11.1. The van der Waals surface area contributed by atoms with Crippen LogP contribution in [0.4, 0.5) is 0 Å². The van der Waals surface area contributed by atoms with E-state index in [4.69, 9.17) is 11.6 Å². The van der Waals surface area contributed by atoms with Gasteiger partial charge in [0, 0.05) is 30.4 Å². The topological polar surface area (TPSA) is 42.0 Å². The smallest absolute Gasteiger partial charge is 0.251 e. The van der Waals surface area contributed by atoms with Crippen molar-refractivity contribution in [1.82, 2.24) is 10.3 Å². The molecule has 3 nitrogen and oxygen atoms in total. The number of amides is 1. The monoisotopic (exact) mass is 226 g/mol. The molecule has 1 unspecified atom stereocenters. The van der Waals surface area contributed by atoms with Crippen molar-refractivity contribution in [2.75, 3.05) is 12.4 Å². The van der Waals surface area contributed by atoms with Crippen LogP contribution in [-0.2, 0) is 0 Å². The molecule has 0 radical (unpaired) electrons. The Morgan fingerprint density at radius 2 is 2.20 bits per heavy atom. The van der Waals surface area contributed by atoms with Gasteiger partial charge in [0.25, 0.3) is 5.91 Å². The molecule has 1 aromatic rings. The maximum atomic E-state index is 11.6. The molecule has 1 aromatic heterocycles. The zero-order valence-electron chi connectivity index (χ0n) is 8.74. The third-order valence-electron chi connectivity index (χ3n) is 2.16. The van der Waals surface area contributed by atoms with E-state index in [0.29, 0.717) is 23.9 Å². The zero-order valence-corrected chi connectivity index (χ0v) is 9.50. The summed E-state index contributed by atoms with van der Waals surface area (Å²) in [4.78, 5) is 15.4. The number of nitrogens with zero attached hydrogens (tertiary/aromatic N) is 1. The summed E-state index contributed by atoms with van der Waals surface area (Å²) in [7, 11) is 0. The van der Waals surface area contributed by atoms with Gasteiger partial charge in [-0.05, 0) is 24.5 Å². The average molecular weight is 227 g/mol. The highest BCUT2D eigenvalue weighted by molar-refractivity contribution is 6.17. The Kier molecular flexibility index (Phi) is 5.12. The minimum atomic E-state index is -0.0566. The van der Waals surface area contributed by atoms with Crippen LogP contribution in [0.15, 0.2) is 24.5 Å². The van der Waals surface area contributed by atoms with Crippen molar-refractivity contribution in [2.45, 2.75) is 13.3 Å². The van der Waals surface area contributed by atoms with Gasteiger partial charge < -0.3 is 5.32 Å². The van der Waals surface area contributed by atoms with Crippen molar-refractivity contribution in [2.24, 2.45) is 5.92 Å². The van der Waals surface area contributed by atoms with Crippen LogP contribution in [0.1, 0.15) is 23.7 Å². The van der Waals surface area contributed by atoms with Gasteiger partial charge in [-0.15, -0.1) is 11.6 Å². The van der Waals surface area contributed by atoms with Crippen LogP contribution in [0.25, 0.3) is 0 Å². The Morgan fingerprint density at radius 3 is 2.80 bits per heavy atom. The maximum absolute atomic E-state index is 11.6. The van der Waals surface area contributed by atoms with Gasteiger partial charge in [0.15, 0.2) is 0 Å². The van der Waals surface area contributed by atoms with Gasteiger partial charge in [0.2, 0.25) is 0 Å². The first-order chi connectivity index (χ1) is 7.24. The maximum Gasteiger partial charge on any atom is 0.251 e. The first-order valence-electron chi connectivity index (χ1n) is 4.98. The van der Waals surface area contributed by atoms with Gasteiger partial charge >= 0.3 is 0 Å². The van der Waals surface area contributed by atoms with Gasteiger partial charge in [0.05, 0.1) is 0 Å². The third kappa shape index (κ3) is 4.30. The quantitative estimate of drug-likeness (QED) is 0.782. The number of pyridine rings is 1. The van der Waals surface area contributed by atoms with Gasteiger partial charge in [-0.1, -0.05) is 6.92 Å². The summed E-state index contributed by atoms with van der Waals surface area (Å²) in [6.45, 7) is 2.73. The molecule has 0 aliphatic heterocycles. The largest absolute Gasteiger partial charge is 0.352 e. The van der Waals surface area contributed by atoms with Crippen LogP contribution in [0, 0.1) is 5.92 Å². The molecule has 4 heteroatoms. The summed E-state index contributed by atoms with van der Waals surface area (Å²) < 4.78 is 0. The lowest BCUT2D eigenvalue weighted by atomic mass is 10.1. The molecule has 1 heterocycles. The highest BCUT2D eigenvalue weighted by atomic mass is 35.5. The van der Waals surface area contributed by atoms with E-state index in [1.54, 1.807) is 24.5 Å². The molecule has 0 bridgehead atoms. The molecular weight excluding hydrogens is 212 g/mol. The summed E-state index contributed by atoms with van der Waals surface area (Å²) in [6, 6.07) is 3.39. The van der Waals surface area contributed by atoms with Gasteiger partial charge in [-0.3, -0.25) is 9.78 Å². The van der Waals surface area contributed by atoms with Crippen molar-refractivity contribution >= 4 is 17.5 Å². The van der Waals surface area contributed by atoms with Crippen molar-refractivity contribution < 1.29 is 4.79 Å². The van der Waals surface area contributed by atoms with Crippen LogP contribution in [0.2, 0.25) is 0 Å². The molecule has 0 saturated heterocycles. The van der Waals surface area contributed by atoms with Gasteiger partial charge in [0.1, 0.15) is 0 Å². The fourth-order valence-corrected chi connectivity index (χ4v) is 1.53. The first kappa shape index (κ1) is 12.0. The van der Waals surface area contributed by atoms with Crippen molar-refractivity contribution in [1.29, 1.82) is 0 Å². The summed E-state index contributed by atoms with van der Waals surface area (Å²) >= 11 is 5.61. The van der Waals surface area contributed by atoms with Crippen LogP contribution in [0.3, 0.4) is 0 Å². The molecule has 0 aliphatic rings. The molecule has 0 saturated carbocycles. The molecule has 1 amide bonds. The Labute approximate surface area is 94.9 Å². The molecule has 0 aliphatic carbocycles. The highest BCUT2D eigenvalue weighted by Crippen LogP contribution is 2.02. The Hall–Kier alpha value is -1.09. The van der Waals surface area contributed by atoms with Gasteiger partial charge in [-0.25, -0.2) is 0 Å². The molecule has 82 valence electrons. The second kappa shape index (κ2) is 6.40. The van der Waals surface area contributed by atoms with Crippen molar-refractivity contribution in [3.63, 3.8) is 0 Å². The molecular formula is C11H15ClN2O. The average Bonchev–Trinajstić information content (AvgIpc) is 2.27. The minimum Gasteiger partial charge on any atom is -0.352 e. The summed E-state index contributed by atoms with van der Waals surface area (Å²) in [6.07, 6.45) is 4.13. The lowest BCUT2D eigenvalue weighted by Gasteiger charge is -2.10. The third-order valence-corrected chi connectivity index (χ3v) is 2.37. The van der Waals surface area contributed by atoms with Crippen LogP contribution < -0.4 is 5.32 Å². The molecule has 1 rings (SSSR count). The lowest BCUT2D eigenvalue weighted by molar-refractivity contribution is 0.0948. The van der Waals surface area contributed by atoms with Crippen molar-refractivity contribution in [3.05, 3.63) is 30.1 Å². The van der Waals surface area contributed by atoms with Gasteiger partial charge in [-0.2, -0.15) is 0 Å². The van der Waals surface area contributed by atoms with E-state index in [2.05, 4.69) is 17.2 Å².